The van der Waals surface area contributed by atoms with E-state index >= 15 is 0 Å². The molecule has 3 rings (SSSR count). The van der Waals surface area contributed by atoms with Crippen molar-refractivity contribution in [3.05, 3.63) is 24.5 Å². The SMILES string of the molecule is CC(=O)n1ccc2c(NC(=O)C3CCC(CNC(=N)N)CC3)ccnc21. The molecule has 0 radical (unpaired) electrons. The number of carbonyl (C=O) groups excluding carboxylic acids is 2. The third-order valence-electron chi connectivity index (χ3n) is 4.98. The summed E-state index contributed by atoms with van der Waals surface area (Å²) in [5.74, 6) is 0.297. The Labute approximate surface area is 151 Å². The quantitative estimate of drug-likeness (QED) is 0.492. The van der Waals surface area contributed by atoms with Gasteiger partial charge >= 0.3 is 0 Å². The normalized spacial score (nSPS) is 19.9. The van der Waals surface area contributed by atoms with Gasteiger partial charge in [-0.3, -0.25) is 19.6 Å². The number of fused-ring (bicyclic) bond motifs is 1. The van der Waals surface area contributed by atoms with Crippen LogP contribution in [0.3, 0.4) is 0 Å². The van der Waals surface area contributed by atoms with Crippen molar-refractivity contribution in [2.45, 2.75) is 32.6 Å². The van der Waals surface area contributed by atoms with E-state index in [0.717, 1.165) is 31.1 Å². The molecule has 0 atom stereocenters. The molecule has 0 bridgehead atoms. The Morgan fingerprint density at radius 1 is 1.31 bits per heavy atom. The van der Waals surface area contributed by atoms with E-state index in [0.29, 0.717) is 23.8 Å². The zero-order chi connectivity index (χ0) is 18.7. The fourth-order valence-electron chi connectivity index (χ4n) is 3.52. The van der Waals surface area contributed by atoms with Crippen LogP contribution in [0.1, 0.15) is 37.4 Å². The second kappa shape index (κ2) is 7.55. The van der Waals surface area contributed by atoms with Crippen LogP contribution >= 0.6 is 0 Å². The van der Waals surface area contributed by atoms with Crippen LogP contribution in [0.5, 0.6) is 0 Å². The summed E-state index contributed by atoms with van der Waals surface area (Å²) in [6.07, 6.45) is 6.78. The highest BCUT2D eigenvalue weighted by molar-refractivity contribution is 6.03. The summed E-state index contributed by atoms with van der Waals surface area (Å²) in [4.78, 5) is 28.5. The number of amides is 1. The number of carbonyl (C=O) groups is 2. The Kier molecular flexibility index (Phi) is 5.20. The van der Waals surface area contributed by atoms with Crippen LogP contribution in [0.4, 0.5) is 5.69 Å². The average molecular weight is 356 g/mol. The van der Waals surface area contributed by atoms with Gasteiger partial charge in [-0.15, -0.1) is 0 Å². The van der Waals surface area contributed by atoms with Crippen molar-refractivity contribution in [3.8, 4) is 0 Å². The van der Waals surface area contributed by atoms with Gasteiger partial charge in [-0.1, -0.05) is 0 Å². The van der Waals surface area contributed by atoms with Gasteiger partial charge in [0.1, 0.15) is 5.65 Å². The average Bonchev–Trinajstić information content (AvgIpc) is 3.05. The summed E-state index contributed by atoms with van der Waals surface area (Å²) in [5.41, 5.74) is 6.55. The minimum Gasteiger partial charge on any atom is -0.370 e. The molecule has 0 unspecified atom stereocenters. The predicted molar refractivity (Wildman–Crippen MR) is 100 cm³/mol. The van der Waals surface area contributed by atoms with Gasteiger partial charge < -0.3 is 16.4 Å². The molecule has 26 heavy (non-hydrogen) atoms. The lowest BCUT2D eigenvalue weighted by Gasteiger charge is -2.28. The fourth-order valence-corrected chi connectivity index (χ4v) is 3.52. The van der Waals surface area contributed by atoms with Crippen LogP contribution in [-0.4, -0.2) is 33.9 Å². The number of hydrogen-bond donors (Lipinski definition) is 4. The van der Waals surface area contributed by atoms with E-state index in [1.54, 1.807) is 24.5 Å². The van der Waals surface area contributed by atoms with Crippen molar-refractivity contribution in [1.29, 1.82) is 5.41 Å². The molecule has 138 valence electrons. The first kappa shape index (κ1) is 17.9. The number of hydrogen-bond acceptors (Lipinski definition) is 4. The lowest BCUT2D eigenvalue weighted by molar-refractivity contribution is -0.121. The first-order chi connectivity index (χ1) is 12.5. The van der Waals surface area contributed by atoms with Crippen LogP contribution in [0.15, 0.2) is 24.5 Å². The highest BCUT2D eigenvalue weighted by Crippen LogP contribution is 2.30. The summed E-state index contributed by atoms with van der Waals surface area (Å²) < 4.78 is 1.47. The highest BCUT2D eigenvalue weighted by Gasteiger charge is 2.26. The minimum absolute atomic E-state index is 0.00560. The lowest BCUT2D eigenvalue weighted by Crippen LogP contribution is -2.36. The number of anilines is 1. The van der Waals surface area contributed by atoms with E-state index in [1.807, 2.05) is 0 Å². The molecule has 0 aliphatic heterocycles. The van der Waals surface area contributed by atoms with Gasteiger partial charge in [0, 0.05) is 37.2 Å². The van der Waals surface area contributed by atoms with Gasteiger partial charge in [0.25, 0.3) is 0 Å². The fraction of sp³-hybridized carbons (Fsp3) is 0.444. The van der Waals surface area contributed by atoms with E-state index < -0.39 is 0 Å². The van der Waals surface area contributed by atoms with Gasteiger partial charge in [0.2, 0.25) is 11.8 Å². The minimum atomic E-state index is -0.117. The topological polar surface area (TPSA) is 126 Å². The summed E-state index contributed by atoms with van der Waals surface area (Å²) >= 11 is 0. The molecule has 0 saturated heterocycles. The van der Waals surface area contributed by atoms with Crippen LogP contribution in [0.25, 0.3) is 11.0 Å². The van der Waals surface area contributed by atoms with Gasteiger partial charge in [0.05, 0.1) is 5.69 Å². The number of aromatic nitrogens is 2. The predicted octanol–water partition coefficient (Wildman–Crippen LogP) is 1.92. The van der Waals surface area contributed by atoms with Crippen LogP contribution in [-0.2, 0) is 4.79 Å². The first-order valence-electron chi connectivity index (χ1n) is 8.81. The third kappa shape index (κ3) is 3.84. The van der Waals surface area contributed by atoms with Gasteiger partial charge in [-0.05, 0) is 43.7 Å². The zero-order valence-corrected chi connectivity index (χ0v) is 14.8. The summed E-state index contributed by atoms with van der Waals surface area (Å²) in [7, 11) is 0. The molecular formula is C18H24N6O2. The van der Waals surface area contributed by atoms with Gasteiger partial charge in [-0.25, -0.2) is 4.98 Å². The Morgan fingerprint density at radius 2 is 2.04 bits per heavy atom. The molecule has 8 nitrogen and oxygen atoms in total. The molecule has 5 N–H and O–H groups in total. The molecule has 0 aromatic carbocycles. The van der Waals surface area contributed by atoms with E-state index in [-0.39, 0.29) is 23.7 Å². The Bertz CT molecular complexity index is 835. The van der Waals surface area contributed by atoms with E-state index in [4.69, 9.17) is 11.1 Å². The molecule has 1 aliphatic rings. The molecule has 8 heteroatoms. The number of nitrogens with two attached hydrogens (primary N) is 1. The molecule has 1 fully saturated rings. The zero-order valence-electron chi connectivity index (χ0n) is 14.8. The molecule has 2 aromatic rings. The smallest absolute Gasteiger partial charge is 0.229 e. The standard InChI is InChI=1S/C18H24N6O2/c1-11(25)24-9-7-14-15(6-8-21-16(14)24)23-17(26)13-4-2-12(3-5-13)10-22-18(19)20/h6-9,12-13H,2-5,10H2,1H3,(H4,19,20,22)(H,21,23,26). The summed E-state index contributed by atoms with van der Waals surface area (Å²) in [6, 6.07) is 3.55. The Balaban J connectivity index is 1.63. The third-order valence-corrected chi connectivity index (χ3v) is 4.98. The Morgan fingerprint density at radius 3 is 2.69 bits per heavy atom. The first-order valence-corrected chi connectivity index (χ1v) is 8.81. The number of guanidine groups is 1. The molecule has 0 spiro atoms. The molecule has 1 amide bonds. The van der Waals surface area contributed by atoms with Crippen molar-refractivity contribution in [1.82, 2.24) is 14.9 Å². The van der Waals surface area contributed by atoms with Crippen molar-refractivity contribution in [2.75, 3.05) is 11.9 Å². The Hall–Kier alpha value is -2.90. The maximum atomic E-state index is 12.6. The van der Waals surface area contributed by atoms with Crippen molar-refractivity contribution >= 4 is 34.5 Å². The number of rotatable bonds is 4. The van der Waals surface area contributed by atoms with Crippen LogP contribution in [0.2, 0.25) is 0 Å². The van der Waals surface area contributed by atoms with Gasteiger partial charge in [-0.2, -0.15) is 0 Å². The maximum absolute atomic E-state index is 12.6. The number of nitrogens with zero attached hydrogens (tertiary/aromatic N) is 2. The van der Waals surface area contributed by atoms with Crippen molar-refractivity contribution < 1.29 is 9.59 Å². The van der Waals surface area contributed by atoms with E-state index in [2.05, 4.69) is 15.6 Å². The van der Waals surface area contributed by atoms with E-state index in [9.17, 15) is 9.59 Å². The molecule has 2 aromatic heterocycles. The van der Waals surface area contributed by atoms with Gasteiger partial charge in [0.15, 0.2) is 5.96 Å². The van der Waals surface area contributed by atoms with E-state index in [1.165, 1.54) is 11.5 Å². The monoisotopic (exact) mass is 356 g/mol. The van der Waals surface area contributed by atoms with Crippen LogP contribution in [0, 0.1) is 17.2 Å². The maximum Gasteiger partial charge on any atom is 0.229 e. The molecule has 1 aliphatic carbocycles. The second-order valence-corrected chi connectivity index (χ2v) is 6.80. The largest absolute Gasteiger partial charge is 0.370 e. The molecule has 1 saturated carbocycles. The lowest BCUT2D eigenvalue weighted by atomic mass is 9.81. The number of nitrogens with one attached hydrogen (secondary N) is 3. The molecule has 2 heterocycles. The van der Waals surface area contributed by atoms with Crippen molar-refractivity contribution in [2.24, 2.45) is 17.6 Å². The van der Waals surface area contributed by atoms with Crippen LogP contribution < -0.4 is 16.4 Å². The highest BCUT2D eigenvalue weighted by atomic mass is 16.2. The molecular weight excluding hydrogens is 332 g/mol. The number of pyridine rings is 1. The second-order valence-electron chi connectivity index (χ2n) is 6.80. The van der Waals surface area contributed by atoms with Crippen molar-refractivity contribution in [3.63, 3.8) is 0 Å². The summed E-state index contributed by atoms with van der Waals surface area (Å²) in [5, 5.41) is 13.8. The summed E-state index contributed by atoms with van der Waals surface area (Å²) in [6.45, 7) is 2.17.